The van der Waals surface area contributed by atoms with Crippen molar-refractivity contribution in [1.29, 1.82) is 0 Å². The van der Waals surface area contributed by atoms with Crippen molar-refractivity contribution in [2.45, 2.75) is 6.54 Å². The van der Waals surface area contributed by atoms with Gasteiger partial charge < -0.3 is 10.2 Å². The van der Waals surface area contributed by atoms with Crippen molar-refractivity contribution in [3.8, 4) is 0 Å². The molecule has 0 fully saturated rings. The Hall–Kier alpha value is -1.56. The van der Waals surface area contributed by atoms with Crippen LogP contribution in [-0.4, -0.2) is 41.2 Å². The van der Waals surface area contributed by atoms with E-state index in [-0.39, 0.29) is 5.91 Å². The first-order chi connectivity index (χ1) is 9.95. The van der Waals surface area contributed by atoms with Crippen molar-refractivity contribution in [2.24, 2.45) is 0 Å². The molecule has 112 valence electrons. The molecule has 1 heterocycles. The molecule has 5 nitrogen and oxygen atoms in total. The van der Waals surface area contributed by atoms with E-state index in [0.717, 1.165) is 13.1 Å². The van der Waals surface area contributed by atoms with Gasteiger partial charge in [-0.15, -0.1) is 0 Å². The van der Waals surface area contributed by atoms with Crippen LogP contribution >= 0.6 is 23.2 Å². The van der Waals surface area contributed by atoms with Crippen LogP contribution in [0.2, 0.25) is 10.0 Å². The van der Waals surface area contributed by atoms with Gasteiger partial charge in [0.2, 0.25) is 0 Å². The molecule has 21 heavy (non-hydrogen) atoms. The molecule has 7 heteroatoms. The molecule has 0 spiro atoms. The zero-order valence-electron chi connectivity index (χ0n) is 11.8. The highest BCUT2D eigenvalue weighted by Gasteiger charge is 2.12. The average Bonchev–Trinajstić information content (AvgIpc) is 2.86. The van der Waals surface area contributed by atoms with Crippen molar-refractivity contribution in [1.82, 2.24) is 14.7 Å². The summed E-state index contributed by atoms with van der Waals surface area (Å²) in [6.45, 7) is 1.62. The van der Waals surface area contributed by atoms with Gasteiger partial charge in [0.05, 0.1) is 29.0 Å². The third kappa shape index (κ3) is 4.46. The number of aromatic nitrogens is 2. The number of anilines is 1. The lowest BCUT2D eigenvalue weighted by Gasteiger charge is -2.08. The van der Waals surface area contributed by atoms with E-state index in [4.69, 9.17) is 23.2 Å². The highest BCUT2D eigenvalue weighted by Crippen LogP contribution is 2.21. The maximum Gasteiger partial charge on any atom is 0.257 e. The van der Waals surface area contributed by atoms with E-state index in [2.05, 4.69) is 15.3 Å². The Kier molecular flexibility index (Phi) is 5.22. The third-order valence-electron chi connectivity index (χ3n) is 2.84. The number of rotatable bonds is 5. The fourth-order valence-electron chi connectivity index (χ4n) is 1.72. The standard InChI is InChI=1S/C14H16Cl2N4O/c1-19(2)5-6-20-9-11(8-17-20)18-14(21)12-7-10(15)3-4-13(12)16/h3-4,7-9H,5-6H2,1-2H3,(H,18,21). The van der Waals surface area contributed by atoms with Crippen LogP contribution in [0.25, 0.3) is 0 Å². The topological polar surface area (TPSA) is 50.2 Å². The van der Waals surface area contributed by atoms with E-state index in [9.17, 15) is 4.79 Å². The smallest absolute Gasteiger partial charge is 0.257 e. The minimum absolute atomic E-state index is 0.311. The van der Waals surface area contributed by atoms with E-state index in [0.29, 0.717) is 21.3 Å². The fourth-order valence-corrected chi connectivity index (χ4v) is 2.10. The van der Waals surface area contributed by atoms with E-state index in [1.807, 2.05) is 14.1 Å². The van der Waals surface area contributed by atoms with E-state index >= 15 is 0 Å². The largest absolute Gasteiger partial charge is 0.319 e. The van der Waals surface area contributed by atoms with Gasteiger partial charge >= 0.3 is 0 Å². The van der Waals surface area contributed by atoms with Gasteiger partial charge in [-0.25, -0.2) is 0 Å². The highest BCUT2D eigenvalue weighted by atomic mass is 35.5. The first-order valence-corrected chi connectivity index (χ1v) is 7.15. The summed E-state index contributed by atoms with van der Waals surface area (Å²) < 4.78 is 1.77. The molecule has 0 radical (unpaired) electrons. The molecular weight excluding hydrogens is 311 g/mol. The summed E-state index contributed by atoms with van der Waals surface area (Å²) in [5.41, 5.74) is 0.958. The Morgan fingerprint density at radius 2 is 2.14 bits per heavy atom. The quantitative estimate of drug-likeness (QED) is 0.918. The zero-order valence-corrected chi connectivity index (χ0v) is 13.3. The maximum atomic E-state index is 12.2. The molecule has 0 aliphatic carbocycles. The SMILES string of the molecule is CN(C)CCn1cc(NC(=O)c2cc(Cl)ccc2Cl)cn1. The molecule has 0 atom stereocenters. The molecule has 0 aliphatic heterocycles. The number of carbonyl (C=O) groups excluding carboxylic acids is 1. The van der Waals surface area contributed by atoms with Crippen molar-refractivity contribution >= 4 is 34.8 Å². The minimum atomic E-state index is -0.311. The van der Waals surface area contributed by atoms with Crippen LogP contribution in [0.4, 0.5) is 5.69 Å². The molecule has 0 saturated carbocycles. The normalized spacial score (nSPS) is 10.9. The van der Waals surface area contributed by atoms with Crippen LogP contribution in [0.15, 0.2) is 30.6 Å². The number of nitrogens with one attached hydrogen (secondary N) is 1. The van der Waals surface area contributed by atoms with Crippen LogP contribution in [0.3, 0.4) is 0 Å². The Bertz CT molecular complexity index is 640. The molecule has 1 N–H and O–H groups in total. The second-order valence-corrected chi connectivity index (χ2v) is 5.72. The number of nitrogens with zero attached hydrogens (tertiary/aromatic N) is 3. The second-order valence-electron chi connectivity index (χ2n) is 4.87. The van der Waals surface area contributed by atoms with Crippen molar-refractivity contribution in [3.63, 3.8) is 0 Å². The number of hydrogen-bond acceptors (Lipinski definition) is 3. The first-order valence-electron chi connectivity index (χ1n) is 6.39. The number of likely N-dealkylation sites (N-methyl/N-ethyl adjacent to an activating group) is 1. The molecule has 2 rings (SSSR count). The van der Waals surface area contributed by atoms with Gasteiger partial charge in [0, 0.05) is 17.8 Å². The molecule has 1 aromatic heterocycles. The van der Waals surface area contributed by atoms with Gasteiger partial charge in [0.15, 0.2) is 0 Å². The summed E-state index contributed by atoms with van der Waals surface area (Å²) in [5.74, 6) is -0.311. The van der Waals surface area contributed by atoms with Crippen LogP contribution in [-0.2, 0) is 6.54 Å². The van der Waals surface area contributed by atoms with Crippen LogP contribution in [0, 0.1) is 0 Å². The van der Waals surface area contributed by atoms with Gasteiger partial charge in [-0.05, 0) is 32.3 Å². The van der Waals surface area contributed by atoms with E-state index in [1.54, 1.807) is 29.2 Å². The molecule has 2 aromatic rings. The van der Waals surface area contributed by atoms with E-state index in [1.165, 1.54) is 6.07 Å². The van der Waals surface area contributed by atoms with Crippen molar-refractivity contribution < 1.29 is 4.79 Å². The average molecular weight is 327 g/mol. The lowest BCUT2D eigenvalue weighted by molar-refractivity contribution is 0.102. The number of halogens is 2. The lowest BCUT2D eigenvalue weighted by Crippen LogP contribution is -2.18. The molecule has 0 aliphatic rings. The predicted octanol–water partition coefficient (Wildman–Crippen LogP) is 3.00. The summed E-state index contributed by atoms with van der Waals surface area (Å²) in [4.78, 5) is 14.2. The molecule has 0 saturated heterocycles. The van der Waals surface area contributed by atoms with Gasteiger partial charge in [-0.3, -0.25) is 9.48 Å². The van der Waals surface area contributed by atoms with E-state index < -0.39 is 0 Å². The molecular formula is C14H16Cl2N4O. The number of hydrogen-bond donors (Lipinski definition) is 1. The summed E-state index contributed by atoms with van der Waals surface area (Å²) in [6.07, 6.45) is 3.38. The Morgan fingerprint density at radius 3 is 2.86 bits per heavy atom. The van der Waals surface area contributed by atoms with Gasteiger partial charge in [0.1, 0.15) is 0 Å². The monoisotopic (exact) mass is 326 g/mol. The van der Waals surface area contributed by atoms with Crippen molar-refractivity contribution in [3.05, 3.63) is 46.2 Å². The van der Waals surface area contributed by atoms with Gasteiger partial charge in [-0.1, -0.05) is 23.2 Å². The lowest BCUT2D eigenvalue weighted by atomic mass is 10.2. The Balaban J connectivity index is 2.04. The zero-order chi connectivity index (χ0) is 15.4. The third-order valence-corrected chi connectivity index (χ3v) is 3.41. The molecule has 1 amide bonds. The number of benzene rings is 1. The summed E-state index contributed by atoms with van der Waals surface area (Å²) in [6, 6.07) is 4.77. The highest BCUT2D eigenvalue weighted by molar-refractivity contribution is 6.36. The van der Waals surface area contributed by atoms with Gasteiger partial charge in [-0.2, -0.15) is 5.10 Å². The summed E-state index contributed by atoms with van der Waals surface area (Å²) in [5, 5.41) is 7.77. The van der Waals surface area contributed by atoms with Crippen LogP contribution < -0.4 is 5.32 Å². The number of carbonyl (C=O) groups is 1. The second kappa shape index (κ2) is 6.93. The molecule has 1 aromatic carbocycles. The maximum absolute atomic E-state index is 12.2. The first kappa shape index (κ1) is 15.8. The Labute approximate surface area is 133 Å². The Morgan fingerprint density at radius 1 is 1.38 bits per heavy atom. The molecule has 0 bridgehead atoms. The summed E-state index contributed by atoms with van der Waals surface area (Å²) in [7, 11) is 3.99. The van der Waals surface area contributed by atoms with Crippen LogP contribution in [0.1, 0.15) is 10.4 Å². The molecule has 0 unspecified atom stereocenters. The van der Waals surface area contributed by atoms with Gasteiger partial charge in [0.25, 0.3) is 5.91 Å². The number of amides is 1. The summed E-state index contributed by atoms with van der Waals surface area (Å²) >= 11 is 11.9. The minimum Gasteiger partial charge on any atom is -0.319 e. The fraction of sp³-hybridized carbons (Fsp3) is 0.286. The van der Waals surface area contributed by atoms with Crippen molar-refractivity contribution in [2.75, 3.05) is 26.0 Å². The predicted molar refractivity (Wildman–Crippen MR) is 85.2 cm³/mol. The van der Waals surface area contributed by atoms with Crippen LogP contribution in [0.5, 0.6) is 0 Å².